The van der Waals surface area contributed by atoms with E-state index in [0.717, 1.165) is 18.5 Å². The van der Waals surface area contributed by atoms with Crippen LogP contribution in [0.5, 0.6) is 0 Å². The molecule has 0 fully saturated rings. The quantitative estimate of drug-likeness (QED) is 0.647. The van der Waals surface area contributed by atoms with Gasteiger partial charge in [-0.05, 0) is 63.3 Å². The highest BCUT2D eigenvalue weighted by Crippen LogP contribution is 2.09. The van der Waals surface area contributed by atoms with Crippen molar-refractivity contribution in [2.45, 2.75) is 12.8 Å². The summed E-state index contributed by atoms with van der Waals surface area (Å²) in [6.07, 6.45) is 1.54. The van der Waals surface area contributed by atoms with E-state index in [1.165, 1.54) is 0 Å². The number of carbonyl (C=O) groups is 2. The number of nitrogens with zero attached hydrogens (tertiary/aromatic N) is 2. The maximum absolute atomic E-state index is 12.3. The van der Waals surface area contributed by atoms with Crippen molar-refractivity contribution in [2.75, 3.05) is 33.7 Å². The van der Waals surface area contributed by atoms with Gasteiger partial charge in [0.05, 0.1) is 0 Å². The van der Waals surface area contributed by atoms with Gasteiger partial charge in [-0.1, -0.05) is 29.8 Å². The Balaban J connectivity index is 1.83. The molecule has 2 aromatic rings. The fourth-order valence-corrected chi connectivity index (χ4v) is 2.56. The van der Waals surface area contributed by atoms with Gasteiger partial charge in [0.15, 0.2) is 0 Å². The van der Waals surface area contributed by atoms with Crippen LogP contribution >= 0.6 is 11.6 Å². The molecule has 27 heavy (non-hydrogen) atoms. The third kappa shape index (κ3) is 7.37. The molecular formula is C20H25ClN4O2. The number of amides is 2. The van der Waals surface area contributed by atoms with Crippen LogP contribution in [-0.4, -0.2) is 55.4 Å². The zero-order valence-electron chi connectivity index (χ0n) is 15.7. The molecular weight excluding hydrogens is 364 g/mol. The van der Waals surface area contributed by atoms with Crippen LogP contribution in [0.2, 0.25) is 5.02 Å². The van der Waals surface area contributed by atoms with Crippen LogP contribution < -0.4 is 10.6 Å². The Kier molecular flexibility index (Phi) is 8.23. The average molecular weight is 389 g/mol. The molecule has 0 aliphatic heterocycles. The minimum atomic E-state index is -0.300. The average Bonchev–Trinajstić information content (AvgIpc) is 2.66. The van der Waals surface area contributed by atoms with Crippen LogP contribution in [0.4, 0.5) is 0 Å². The molecule has 144 valence electrons. The fourth-order valence-electron chi connectivity index (χ4n) is 2.44. The monoisotopic (exact) mass is 388 g/mol. The first-order chi connectivity index (χ1) is 13.0. The molecule has 2 N–H and O–H groups in total. The van der Waals surface area contributed by atoms with Crippen LogP contribution in [0.3, 0.4) is 0 Å². The number of carbonyl (C=O) groups excluding carboxylic acids is 2. The van der Waals surface area contributed by atoms with Gasteiger partial charge in [0.25, 0.3) is 11.8 Å². The highest BCUT2D eigenvalue weighted by atomic mass is 35.5. The topological polar surface area (TPSA) is 74.3 Å². The van der Waals surface area contributed by atoms with Gasteiger partial charge in [0, 0.05) is 18.1 Å². The third-order valence-corrected chi connectivity index (χ3v) is 4.15. The normalized spacial score (nSPS) is 10.7. The van der Waals surface area contributed by atoms with Gasteiger partial charge in [0.2, 0.25) is 0 Å². The number of aromatic nitrogens is 1. The zero-order chi connectivity index (χ0) is 19.6. The van der Waals surface area contributed by atoms with E-state index in [4.69, 9.17) is 11.6 Å². The van der Waals surface area contributed by atoms with Gasteiger partial charge in [-0.15, -0.1) is 0 Å². The number of benzene rings is 1. The molecule has 0 bridgehead atoms. The number of nitrogens with one attached hydrogen (secondary N) is 2. The summed E-state index contributed by atoms with van der Waals surface area (Å²) >= 11 is 5.86. The third-order valence-electron chi connectivity index (χ3n) is 3.89. The van der Waals surface area contributed by atoms with Crippen LogP contribution in [-0.2, 0) is 6.42 Å². The first kappa shape index (κ1) is 20.9. The van der Waals surface area contributed by atoms with Gasteiger partial charge in [-0.25, -0.2) is 4.98 Å². The number of rotatable bonds is 9. The van der Waals surface area contributed by atoms with Crippen molar-refractivity contribution < 1.29 is 9.59 Å². The number of hydrogen-bond acceptors (Lipinski definition) is 4. The minimum Gasteiger partial charge on any atom is -0.351 e. The van der Waals surface area contributed by atoms with E-state index >= 15 is 0 Å². The molecule has 1 aromatic carbocycles. The number of pyridine rings is 1. The molecule has 7 heteroatoms. The van der Waals surface area contributed by atoms with Crippen molar-refractivity contribution in [2.24, 2.45) is 0 Å². The summed E-state index contributed by atoms with van der Waals surface area (Å²) in [5, 5.41) is 6.32. The lowest BCUT2D eigenvalue weighted by Crippen LogP contribution is -2.30. The van der Waals surface area contributed by atoms with E-state index in [0.29, 0.717) is 24.5 Å². The van der Waals surface area contributed by atoms with E-state index < -0.39 is 0 Å². The predicted octanol–water partition coefficient (Wildman–Crippen LogP) is 2.39. The number of hydrogen-bond donors (Lipinski definition) is 2. The van der Waals surface area contributed by atoms with Crippen LogP contribution in [0.1, 0.15) is 33.0 Å². The summed E-state index contributed by atoms with van der Waals surface area (Å²) in [5.74, 6) is -0.573. The Bertz CT molecular complexity index is 763. The summed E-state index contributed by atoms with van der Waals surface area (Å²) in [6, 6.07) is 12.4. The van der Waals surface area contributed by atoms with E-state index in [9.17, 15) is 9.59 Å². The van der Waals surface area contributed by atoms with Crippen molar-refractivity contribution in [1.29, 1.82) is 0 Å². The summed E-state index contributed by atoms with van der Waals surface area (Å²) in [6.45, 7) is 1.93. The van der Waals surface area contributed by atoms with Crippen molar-refractivity contribution in [3.8, 4) is 0 Å². The minimum absolute atomic E-state index is 0.229. The first-order valence-corrected chi connectivity index (χ1v) is 9.26. The summed E-state index contributed by atoms with van der Waals surface area (Å²) < 4.78 is 0. The Morgan fingerprint density at radius 2 is 1.56 bits per heavy atom. The van der Waals surface area contributed by atoms with Gasteiger partial charge in [-0.3, -0.25) is 9.59 Å². The summed E-state index contributed by atoms with van der Waals surface area (Å²) in [7, 11) is 3.97. The van der Waals surface area contributed by atoms with Gasteiger partial charge >= 0.3 is 0 Å². The van der Waals surface area contributed by atoms with Crippen molar-refractivity contribution >= 4 is 23.4 Å². The number of halogens is 1. The molecule has 1 aromatic heterocycles. The molecule has 0 unspecified atom stereocenters. The van der Waals surface area contributed by atoms with Crippen LogP contribution in [0.15, 0.2) is 42.5 Å². The van der Waals surface area contributed by atoms with E-state index in [-0.39, 0.29) is 23.2 Å². The molecule has 0 spiro atoms. The Labute approximate surface area is 164 Å². The van der Waals surface area contributed by atoms with Gasteiger partial charge in [0.1, 0.15) is 11.4 Å². The van der Waals surface area contributed by atoms with Crippen molar-refractivity contribution in [1.82, 2.24) is 20.5 Å². The maximum atomic E-state index is 12.3. The van der Waals surface area contributed by atoms with E-state index in [2.05, 4.69) is 20.5 Å². The van der Waals surface area contributed by atoms with E-state index in [1.807, 2.05) is 38.4 Å². The molecule has 0 aliphatic carbocycles. The molecule has 2 amide bonds. The largest absolute Gasteiger partial charge is 0.351 e. The van der Waals surface area contributed by atoms with Crippen LogP contribution in [0.25, 0.3) is 0 Å². The first-order valence-electron chi connectivity index (χ1n) is 8.88. The van der Waals surface area contributed by atoms with Gasteiger partial charge < -0.3 is 15.5 Å². The van der Waals surface area contributed by atoms with E-state index in [1.54, 1.807) is 18.2 Å². The SMILES string of the molecule is CN(C)CCCNC(=O)c1cccc(C(=O)NCCc2ccc(Cl)cc2)n1. The molecule has 0 atom stereocenters. The Morgan fingerprint density at radius 3 is 2.15 bits per heavy atom. The maximum Gasteiger partial charge on any atom is 0.269 e. The highest BCUT2D eigenvalue weighted by Gasteiger charge is 2.12. The molecule has 0 saturated heterocycles. The lowest BCUT2D eigenvalue weighted by molar-refractivity contribution is 0.0944. The fraction of sp³-hybridized carbons (Fsp3) is 0.350. The molecule has 0 radical (unpaired) electrons. The summed E-state index contributed by atoms with van der Waals surface area (Å²) in [5.41, 5.74) is 1.55. The Hall–Kier alpha value is -2.44. The standard InChI is InChI=1S/C20H25ClN4O2/c1-25(2)14-4-12-22-19(26)17-5-3-6-18(24-17)20(27)23-13-11-15-7-9-16(21)10-8-15/h3,5-10H,4,11-14H2,1-2H3,(H,22,26)(H,23,27). The molecule has 1 heterocycles. The zero-order valence-corrected chi connectivity index (χ0v) is 16.4. The second-order valence-electron chi connectivity index (χ2n) is 6.45. The summed E-state index contributed by atoms with van der Waals surface area (Å²) in [4.78, 5) is 30.7. The molecule has 2 rings (SSSR count). The predicted molar refractivity (Wildman–Crippen MR) is 107 cm³/mol. The lowest BCUT2D eigenvalue weighted by atomic mass is 10.1. The smallest absolute Gasteiger partial charge is 0.269 e. The lowest BCUT2D eigenvalue weighted by Gasteiger charge is -2.10. The van der Waals surface area contributed by atoms with Gasteiger partial charge in [-0.2, -0.15) is 0 Å². The molecule has 6 nitrogen and oxygen atoms in total. The molecule has 0 aliphatic rings. The van der Waals surface area contributed by atoms with Crippen molar-refractivity contribution in [3.05, 3.63) is 64.4 Å². The molecule has 0 saturated carbocycles. The van der Waals surface area contributed by atoms with Crippen LogP contribution in [0, 0.1) is 0 Å². The van der Waals surface area contributed by atoms with Crippen molar-refractivity contribution in [3.63, 3.8) is 0 Å². The second-order valence-corrected chi connectivity index (χ2v) is 6.89. The second kappa shape index (κ2) is 10.6. The highest BCUT2D eigenvalue weighted by molar-refractivity contribution is 6.30. The Morgan fingerprint density at radius 1 is 0.963 bits per heavy atom.